The fraction of sp³-hybridized carbons (Fsp3) is 0.136. The van der Waals surface area contributed by atoms with Gasteiger partial charge in [-0.05, 0) is 43.3 Å². The van der Waals surface area contributed by atoms with Crippen molar-refractivity contribution in [2.24, 2.45) is 0 Å². The number of aromatic nitrogens is 3. The SMILES string of the molecule is C[C@@H](Sc1nnc(-c2ccco2)n1-c1ccccc1)C(=O)N(C)c1ccccc1. The molecule has 0 aliphatic rings. The Labute approximate surface area is 173 Å². The lowest BCUT2D eigenvalue weighted by atomic mass is 10.3. The number of hydrogen-bond donors (Lipinski definition) is 0. The van der Waals surface area contributed by atoms with Gasteiger partial charge in [-0.25, -0.2) is 0 Å². The van der Waals surface area contributed by atoms with Crippen LogP contribution in [0.5, 0.6) is 0 Å². The Hall–Kier alpha value is -3.32. The quantitative estimate of drug-likeness (QED) is 0.437. The molecular weight excluding hydrogens is 384 g/mol. The number of thioether (sulfide) groups is 1. The zero-order valence-electron chi connectivity index (χ0n) is 16.1. The van der Waals surface area contributed by atoms with Gasteiger partial charge in [0.25, 0.3) is 0 Å². The molecule has 0 spiro atoms. The second kappa shape index (κ2) is 8.36. The van der Waals surface area contributed by atoms with Gasteiger partial charge in [0.05, 0.1) is 11.5 Å². The zero-order chi connectivity index (χ0) is 20.2. The Morgan fingerprint density at radius 2 is 1.69 bits per heavy atom. The van der Waals surface area contributed by atoms with Gasteiger partial charge in [-0.1, -0.05) is 48.2 Å². The molecule has 1 atom stereocenters. The number of carbonyl (C=O) groups is 1. The molecule has 0 unspecified atom stereocenters. The molecule has 0 aliphatic carbocycles. The first-order valence-electron chi connectivity index (χ1n) is 9.19. The summed E-state index contributed by atoms with van der Waals surface area (Å²) in [6.45, 7) is 1.88. The highest BCUT2D eigenvalue weighted by molar-refractivity contribution is 8.00. The van der Waals surface area contributed by atoms with Crippen LogP contribution in [0, 0.1) is 0 Å². The minimum absolute atomic E-state index is 0.0108. The molecule has 146 valence electrons. The number of para-hydroxylation sites is 2. The maximum atomic E-state index is 13.0. The van der Waals surface area contributed by atoms with Crippen molar-refractivity contribution < 1.29 is 9.21 Å². The summed E-state index contributed by atoms with van der Waals surface area (Å²) in [5.74, 6) is 1.21. The summed E-state index contributed by atoms with van der Waals surface area (Å²) in [4.78, 5) is 14.6. The summed E-state index contributed by atoms with van der Waals surface area (Å²) in [6, 6.07) is 23.0. The molecule has 0 bridgehead atoms. The van der Waals surface area contributed by atoms with Gasteiger partial charge in [0.15, 0.2) is 10.9 Å². The summed E-state index contributed by atoms with van der Waals surface area (Å²) in [6.07, 6.45) is 1.60. The van der Waals surface area contributed by atoms with E-state index in [1.807, 2.05) is 84.3 Å². The number of furan rings is 1. The molecule has 2 aromatic carbocycles. The second-order valence-electron chi connectivity index (χ2n) is 6.45. The van der Waals surface area contributed by atoms with Crippen LogP contribution in [0.15, 0.2) is 88.6 Å². The van der Waals surface area contributed by atoms with E-state index in [2.05, 4.69) is 10.2 Å². The Morgan fingerprint density at radius 1 is 1.00 bits per heavy atom. The zero-order valence-corrected chi connectivity index (χ0v) is 16.9. The summed E-state index contributed by atoms with van der Waals surface area (Å²) >= 11 is 1.37. The summed E-state index contributed by atoms with van der Waals surface area (Å²) in [5, 5.41) is 8.95. The number of anilines is 1. The molecule has 2 aromatic heterocycles. The van der Waals surface area contributed by atoms with Crippen molar-refractivity contribution in [2.45, 2.75) is 17.3 Å². The predicted octanol–water partition coefficient (Wildman–Crippen LogP) is 4.67. The van der Waals surface area contributed by atoms with E-state index in [0.717, 1.165) is 11.4 Å². The lowest BCUT2D eigenvalue weighted by Gasteiger charge is -2.21. The van der Waals surface area contributed by atoms with Gasteiger partial charge >= 0.3 is 0 Å². The molecule has 0 saturated heterocycles. The van der Waals surface area contributed by atoms with E-state index in [4.69, 9.17) is 4.42 Å². The van der Waals surface area contributed by atoms with Crippen LogP contribution >= 0.6 is 11.8 Å². The van der Waals surface area contributed by atoms with E-state index in [0.29, 0.717) is 16.7 Å². The van der Waals surface area contributed by atoms with Crippen molar-refractivity contribution >= 4 is 23.4 Å². The highest BCUT2D eigenvalue weighted by atomic mass is 32.2. The average Bonchev–Trinajstić information content (AvgIpc) is 3.43. The molecule has 4 aromatic rings. The molecule has 2 heterocycles. The Morgan fingerprint density at radius 3 is 2.34 bits per heavy atom. The molecule has 0 saturated carbocycles. The molecule has 1 amide bonds. The molecule has 0 N–H and O–H groups in total. The lowest BCUT2D eigenvalue weighted by molar-refractivity contribution is -0.117. The van der Waals surface area contributed by atoms with Crippen LogP contribution in [0.2, 0.25) is 0 Å². The van der Waals surface area contributed by atoms with Gasteiger partial charge in [-0.2, -0.15) is 0 Å². The third-order valence-electron chi connectivity index (χ3n) is 4.49. The van der Waals surface area contributed by atoms with E-state index in [1.165, 1.54) is 11.8 Å². The minimum atomic E-state index is -0.351. The standard InChI is InChI=1S/C22H20N4O2S/c1-16(21(27)25(2)17-10-5-3-6-11-17)29-22-24-23-20(19-14-9-15-28-19)26(22)18-12-7-4-8-13-18/h3-16H,1-2H3/t16-/m1/s1. The predicted molar refractivity (Wildman–Crippen MR) is 114 cm³/mol. The average molecular weight is 404 g/mol. The minimum Gasteiger partial charge on any atom is -0.461 e. The van der Waals surface area contributed by atoms with Crippen LogP contribution in [0.25, 0.3) is 17.3 Å². The third-order valence-corrected chi connectivity index (χ3v) is 5.52. The monoisotopic (exact) mass is 404 g/mol. The normalized spacial score (nSPS) is 11.9. The first-order valence-corrected chi connectivity index (χ1v) is 10.1. The molecule has 0 aliphatic heterocycles. The van der Waals surface area contributed by atoms with Crippen molar-refractivity contribution in [2.75, 3.05) is 11.9 Å². The van der Waals surface area contributed by atoms with Crippen molar-refractivity contribution in [3.63, 3.8) is 0 Å². The van der Waals surface area contributed by atoms with Crippen molar-refractivity contribution in [3.8, 4) is 17.3 Å². The number of benzene rings is 2. The van der Waals surface area contributed by atoms with Crippen LogP contribution in [-0.2, 0) is 4.79 Å². The van der Waals surface area contributed by atoms with Gasteiger partial charge in [0, 0.05) is 18.4 Å². The van der Waals surface area contributed by atoms with E-state index >= 15 is 0 Å². The van der Waals surface area contributed by atoms with Gasteiger partial charge in [0.2, 0.25) is 11.7 Å². The van der Waals surface area contributed by atoms with Crippen LogP contribution < -0.4 is 4.90 Å². The van der Waals surface area contributed by atoms with Crippen LogP contribution in [0.3, 0.4) is 0 Å². The molecule has 0 fully saturated rings. The molecule has 4 rings (SSSR count). The number of amides is 1. The fourth-order valence-electron chi connectivity index (χ4n) is 2.98. The van der Waals surface area contributed by atoms with Crippen molar-refractivity contribution in [3.05, 3.63) is 79.1 Å². The van der Waals surface area contributed by atoms with Gasteiger partial charge < -0.3 is 9.32 Å². The maximum Gasteiger partial charge on any atom is 0.240 e. The topological polar surface area (TPSA) is 64.2 Å². The van der Waals surface area contributed by atoms with Gasteiger partial charge in [0.1, 0.15) is 0 Å². The summed E-state index contributed by atoms with van der Waals surface area (Å²) in [5.41, 5.74) is 1.76. The summed E-state index contributed by atoms with van der Waals surface area (Å²) < 4.78 is 7.45. The fourth-order valence-corrected chi connectivity index (χ4v) is 3.94. The molecule has 0 radical (unpaired) electrons. The number of hydrogen-bond acceptors (Lipinski definition) is 5. The molecular formula is C22H20N4O2S. The Balaban J connectivity index is 1.64. The maximum absolute atomic E-state index is 13.0. The van der Waals surface area contributed by atoms with Crippen molar-refractivity contribution in [1.29, 1.82) is 0 Å². The second-order valence-corrected chi connectivity index (χ2v) is 7.76. The van der Waals surface area contributed by atoms with Gasteiger partial charge in [-0.15, -0.1) is 10.2 Å². The van der Waals surface area contributed by atoms with E-state index in [1.54, 1.807) is 18.2 Å². The van der Waals surface area contributed by atoms with Crippen LogP contribution in [0.1, 0.15) is 6.92 Å². The number of carbonyl (C=O) groups excluding carboxylic acids is 1. The van der Waals surface area contributed by atoms with Crippen LogP contribution in [0.4, 0.5) is 5.69 Å². The molecule has 29 heavy (non-hydrogen) atoms. The number of nitrogens with zero attached hydrogens (tertiary/aromatic N) is 4. The summed E-state index contributed by atoms with van der Waals surface area (Å²) in [7, 11) is 1.78. The van der Waals surface area contributed by atoms with Crippen molar-refractivity contribution in [1.82, 2.24) is 14.8 Å². The first-order chi connectivity index (χ1) is 14.1. The Bertz CT molecular complexity index is 1080. The molecule has 6 nitrogen and oxygen atoms in total. The first kappa shape index (κ1) is 19.0. The third kappa shape index (κ3) is 3.95. The lowest BCUT2D eigenvalue weighted by Crippen LogP contribution is -2.33. The largest absolute Gasteiger partial charge is 0.461 e. The van der Waals surface area contributed by atoms with Crippen LogP contribution in [-0.4, -0.2) is 33.0 Å². The van der Waals surface area contributed by atoms with E-state index in [-0.39, 0.29) is 11.2 Å². The highest BCUT2D eigenvalue weighted by Crippen LogP contribution is 2.31. The Kier molecular flexibility index (Phi) is 5.48. The molecule has 7 heteroatoms. The number of rotatable bonds is 6. The van der Waals surface area contributed by atoms with E-state index < -0.39 is 0 Å². The van der Waals surface area contributed by atoms with Gasteiger partial charge in [-0.3, -0.25) is 9.36 Å². The highest BCUT2D eigenvalue weighted by Gasteiger charge is 2.25. The smallest absolute Gasteiger partial charge is 0.240 e. The van der Waals surface area contributed by atoms with E-state index in [9.17, 15) is 4.79 Å².